The zero-order valence-corrected chi connectivity index (χ0v) is 11.3. The molecule has 2 N–H and O–H groups in total. The number of hydrogen-bond donors (Lipinski definition) is 2. The third kappa shape index (κ3) is 3.84. The molecule has 7 nitrogen and oxygen atoms in total. The van der Waals surface area contributed by atoms with Crippen LogP contribution in [0.4, 0.5) is 11.4 Å². The van der Waals surface area contributed by atoms with E-state index in [2.05, 4.69) is 10.9 Å². The van der Waals surface area contributed by atoms with E-state index in [0.717, 1.165) is 0 Å². The molecule has 0 saturated heterocycles. The minimum Gasteiger partial charge on any atom is -0.490 e. The molecule has 0 aliphatic carbocycles. The Hall–Kier alpha value is -2.31. The lowest BCUT2D eigenvalue weighted by Gasteiger charge is -2.18. The van der Waals surface area contributed by atoms with Crippen LogP contribution in [0.15, 0.2) is 18.2 Å². The van der Waals surface area contributed by atoms with E-state index in [1.54, 1.807) is 20.8 Å². The summed E-state index contributed by atoms with van der Waals surface area (Å²) in [6.07, 6.45) is 0. The van der Waals surface area contributed by atoms with Gasteiger partial charge >= 0.3 is 5.69 Å². The zero-order chi connectivity index (χ0) is 14.6. The van der Waals surface area contributed by atoms with Gasteiger partial charge in [0.15, 0.2) is 5.75 Å². The van der Waals surface area contributed by atoms with Crippen LogP contribution in [-0.4, -0.2) is 17.9 Å². The molecule has 0 saturated carbocycles. The molecule has 104 valence electrons. The quantitative estimate of drug-likeness (QED) is 0.643. The summed E-state index contributed by atoms with van der Waals surface area (Å²) in [7, 11) is 1.35. The fraction of sp³-hybridized carbons (Fsp3) is 0.417. The van der Waals surface area contributed by atoms with E-state index in [4.69, 9.17) is 4.74 Å². The molecule has 0 heterocycles. The highest BCUT2D eigenvalue weighted by molar-refractivity contribution is 5.82. The lowest BCUT2D eigenvalue weighted by atomic mass is 9.96. The van der Waals surface area contributed by atoms with Gasteiger partial charge in [0.05, 0.1) is 17.7 Å². The fourth-order valence-corrected chi connectivity index (χ4v) is 1.22. The molecule has 0 aliphatic rings. The molecule has 1 aromatic carbocycles. The topological polar surface area (TPSA) is 93.5 Å². The lowest BCUT2D eigenvalue weighted by molar-refractivity contribution is -0.385. The van der Waals surface area contributed by atoms with Crippen molar-refractivity contribution in [1.82, 2.24) is 5.43 Å². The minimum atomic E-state index is -0.531. The van der Waals surface area contributed by atoms with Gasteiger partial charge in [0, 0.05) is 17.5 Å². The highest BCUT2D eigenvalue weighted by atomic mass is 16.6. The van der Waals surface area contributed by atoms with Crippen molar-refractivity contribution in [3.63, 3.8) is 0 Å². The van der Waals surface area contributed by atoms with E-state index in [-0.39, 0.29) is 17.3 Å². The van der Waals surface area contributed by atoms with Gasteiger partial charge in [-0.3, -0.25) is 25.8 Å². The average Bonchev–Trinajstić information content (AvgIpc) is 2.33. The monoisotopic (exact) mass is 267 g/mol. The van der Waals surface area contributed by atoms with E-state index in [9.17, 15) is 14.9 Å². The van der Waals surface area contributed by atoms with Crippen LogP contribution < -0.4 is 15.6 Å². The van der Waals surface area contributed by atoms with Crippen molar-refractivity contribution in [2.24, 2.45) is 5.41 Å². The molecule has 0 aliphatic heterocycles. The maximum absolute atomic E-state index is 11.7. The molecule has 0 atom stereocenters. The van der Waals surface area contributed by atoms with Crippen LogP contribution in [0.2, 0.25) is 0 Å². The third-order valence-electron chi connectivity index (χ3n) is 2.38. The standard InChI is InChI=1S/C12H17N3O4/c1-12(2,3)11(16)14-13-8-5-6-9(15(17)18)10(7-8)19-4/h5-7,13H,1-4H3,(H,14,16). The van der Waals surface area contributed by atoms with Gasteiger partial charge in [0.25, 0.3) is 0 Å². The number of nitrogens with one attached hydrogen (secondary N) is 2. The number of rotatable bonds is 4. The number of hydrazine groups is 1. The number of nitrogens with zero attached hydrogens (tertiary/aromatic N) is 1. The second-order valence-electron chi connectivity index (χ2n) is 4.97. The molecule has 1 rings (SSSR count). The second-order valence-corrected chi connectivity index (χ2v) is 4.97. The van der Waals surface area contributed by atoms with Crippen molar-refractivity contribution >= 4 is 17.3 Å². The van der Waals surface area contributed by atoms with Crippen molar-refractivity contribution in [2.75, 3.05) is 12.5 Å². The molecule has 0 fully saturated rings. The number of carbonyl (C=O) groups is 1. The smallest absolute Gasteiger partial charge is 0.311 e. The van der Waals surface area contributed by atoms with Gasteiger partial charge in [-0.25, -0.2) is 0 Å². The summed E-state index contributed by atoms with van der Waals surface area (Å²) in [4.78, 5) is 21.8. The van der Waals surface area contributed by atoms with E-state index < -0.39 is 10.3 Å². The van der Waals surface area contributed by atoms with Crippen LogP contribution in [0.5, 0.6) is 5.75 Å². The summed E-state index contributed by atoms with van der Waals surface area (Å²) >= 11 is 0. The van der Waals surface area contributed by atoms with E-state index in [1.165, 1.54) is 25.3 Å². The van der Waals surface area contributed by atoms with Gasteiger partial charge in [-0.15, -0.1) is 0 Å². The Balaban J connectivity index is 2.81. The first kappa shape index (κ1) is 14.7. The molecule has 19 heavy (non-hydrogen) atoms. The Kier molecular flexibility index (Phi) is 4.31. The normalized spacial score (nSPS) is 10.7. The predicted molar refractivity (Wildman–Crippen MR) is 70.9 cm³/mol. The van der Waals surface area contributed by atoms with Crippen LogP contribution >= 0.6 is 0 Å². The van der Waals surface area contributed by atoms with Gasteiger partial charge in [-0.2, -0.15) is 0 Å². The van der Waals surface area contributed by atoms with Crippen LogP contribution in [0.1, 0.15) is 20.8 Å². The number of nitro groups is 1. The van der Waals surface area contributed by atoms with Crippen molar-refractivity contribution < 1.29 is 14.5 Å². The van der Waals surface area contributed by atoms with Crippen LogP contribution in [0.25, 0.3) is 0 Å². The molecule has 7 heteroatoms. The SMILES string of the molecule is COc1cc(NNC(=O)C(C)(C)C)ccc1[N+](=O)[O-]. The summed E-state index contributed by atoms with van der Waals surface area (Å²) in [5.41, 5.74) is 5.05. The summed E-state index contributed by atoms with van der Waals surface area (Å²) in [5.74, 6) is -0.0650. The third-order valence-corrected chi connectivity index (χ3v) is 2.38. The number of carbonyl (C=O) groups excluding carboxylic acids is 1. The number of amides is 1. The van der Waals surface area contributed by atoms with Crippen molar-refractivity contribution in [2.45, 2.75) is 20.8 Å². The molecule has 0 spiro atoms. The van der Waals surface area contributed by atoms with Gasteiger partial charge < -0.3 is 4.74 Å². The first-order valence-corrected chi connectivity index (χ1v) is 5.64. The molecule has 0 bridgehead atoms. The van der Waals surface area contributed by atoms with E-state index in [1.807, 2.05) is 0 Å². The molecule has 1 aromatic rings. The number of methoxy groups -OCH3 is 1. The van der Waals surface area contributed by atoms with Crippen LogP contribution in [0, 0.1) is 15.5 Å². The van der Waals surface area contributed by atoms with Crippen molar-refractivity contribution in [3.8, 4) is 5.75 Å². The molecule has 1 amide bonds. The maximum atomic E-state index is 11.7. The number of nitro benzene ring substituents is 1. The number of anilines is 1. The highest BCUT2D eigenvalue weighted by Gasteiger charge is 2.21. The minimum absolute atomic E-state index is 0.125. The van der Waals surface area contributed by atoms with Gasteiger partial charge in [0.2, 0.25) is 5.91 Å². The molecular formula is C12H17N3O4. The summed E-state index contributed by atoms with van der Waals surface area (Å²) in [5, 5.41) is 10.7. The summed E-state index contributed by atoms with van der Waals surface area (Å²) < 4.78 is 4.93. The Morgan fingerprint density at radius 1 is 1.37 bits per heavy atom. The highest BCUT2D eigenvalue weighted by Crippen LogP contribution is 2.29. The van der Waals surface area contributed by atoms with Crippen LogP contribution in [-0.2, 0) is 4.79 Å². The number of hydrogen-bond acceptors (Lipinski definition) is 5. The van der Waals surface area contributed by atoms with Crippen molar-refractivity contribution in [1.29, 1.82) is 0 Å². The number of ether oxygens (including phenoxy) is 1. The predicted octanol–water partition coefficient (Wildman–Crippen LogP) is 2.09. The summed E-state index contributed by atoms with van der Waals surface area (Å²) in [6.45, 7) is 5.33. The first-order valence-electron chi connectivity index (χ1n) is 5.64. The molecule has 0 aromatic heterocycles. The van der Waals surface area contributed by atoms with Gasteiger partial charge in [-0.05, 0) is 6.07 Å². The van der Waals surface area contributed by atoms with E-state index >= 15 is 0 Å². The van der Waals surface area contributed by atoms with Gasteiger partial charge in [-0.1, -0.05) is 20.8 Å². The molecule has 0 radical (unpaired) electrons. The van der Waals surface area contributed by atoms with E-state index in [0.29, 0.717) is 5.69 Å². The largest absolute Gasteiger partial charge is 0.490 e. The Labute approximate surface area is 111 Å². The van der Waals surface area contributed by atoms with Crippen molar-refractivity contribution in [3.05, 3.63) is 28.3 Å². The Morgan fingerprint density at radius 3 is 2.47 bits per heavy atom. The molecule has 0 unspecified atom stereocenters. The van der Waals surface area contributed by atoms with Gasteiger partial charge in [0.1, 0.15) is 0 Å². The summed E-state index contributed by atoms with van der Waals surface area (Å²) in [6, 6.07) is 4.25. The Morgan fingerprint density at radius 2 is 2.00 bits per heavy atom. The fourth-order valence-electron chi connectivity index (χ4n) is 1.22. The average molecular weight is 267 g/mol. The first-order chi connectivity index (χ1) is 8.75. The second kappa shape index (κ2) is 5.55. The Bertz CT molecular complexity index is 494. The lowest BCUT2D eigenvalue weighted by Crippen LogP contribution is -2.38. The van der Waals surface area contributed by atoms with Crippen LogP contribution in [0.3, 0.4) is 0 Å². The maximum Gasteiger partial charge on any atom is 0.311 e. The molecular weight excluding hydrogens is 250 g/mol. The zero-order valence-electron chi connectivity index (χ0n) is 11.3. The number of benzene rings is 1.